The van der Waals surface area contributed by atoms with Crippen molar-refractivity contribution in [1.29, 1.82) is 0 Å². The number of aromatic amines is 1. The Bertz CT molecular complexity index is 347. The molecule has 0 aliphatic heterocycles. The number of hydrogen-bond acceptors (Lipinski definition) is 3. The number of hydrogen-bond donors (Lipinski definition) is 1. The third-order valence-electron chi connectivity index (χ3n) is 1.31. The summed E-state index contributed by atoms with van der Waals surface area (Å²) in [5.74, 6) is 1.06. The van der Waals surface area contributed by atoms with Crippen LogP contribution in [0, 0.1) is 13.5 Å². The van der Waals surface area contributed by atoms with Crippen molar-refractivity contribution in [3.8, 4) is 0 Å². The SMILES string of the molecule is [C-]#[N+]/C(=C\OCC)c1n[nH]c(C)n1. The molecule has 13 heavy (non-hydrogen) atoms. The molecule has 0 aliphatic carbocycles. The molecule has 0 aromatic carbocycles. The van der Waals surface area contributed by atoms with Crippen LogP contribution in [0.4, 0.5) is 0 Å². The van der Waals surface area contributed by atoms with Gasteiger partial charge in [0.15, 0.2) is 5.82 Å². The first-order valence-electron chi connectivity index (χ1n) is 3.86. The highest BCUT2D eigenvalue weighted by atomic mass is 16.5. The van der Waals surface area contributed by atoms with Crippen LogP contribution in [0.1, 0.15) is 18.6 Å². The zero-order valence-electron chi connectivity index (χ0n) is 7.53. The molecule has 1 aromatic heterocycles. The lowest BCUT2D eigenvalue weighted by Gasteiger charge is -1.93. The van der Waals surface area contributed by atoms with Crippen molar-refractivity contribution in [3.63, 3.8) is 0 Å². The van der Waals surface area contributed by atoms with Gasteiger partial charge in [0.25, 0.3) is 5.70 Å². The summed E-state index contributed by atoms with van der Waals surface area (Å²) in [6.07, 6.45) is 1.37. The first-order valence-corrected chi connectivity index (χ1v) is 3.86. The topological polar surface area (TPSA) is 55.2 Å². The van der Waals surface area contributed by atoms with E-state index in [1.54, 1.807) is 6.92 Å². The number of H-pyrrole nitrogens is 1. The second-order valence-corrected chi connectivity index (χ2v) is 2.31. The van der Waals surface area contributed by atoms with Crippen LogP contribution in [-0.2, 0) is 4.74 Å². The molecule has 0 amide bonds. The van der Waals surface area contributed by atoms with E-state index in [4.69, 9.17) is 11.3 Å². The molecule has 5 nitrogen and oxygen atoms in total. The second-order valence-electron chi connectivity index (χ2n) is 2.31. The van der Waals surface area contributed by atoms with E-state index < -0.39 is 0 Å². The summed E-state index contributed by atoms with van der Waals surface area (Å²) in [6, 6.07) is 0. The number of aromatic nitrogens is 3. The Balaban J connectivity index is 2.86. The number of ether oxygens (including phenoxy) is 1. The molecule has 0 fully saturated rings. The van der Waals surface area contributed by atoms with Gasteiger partial charge in [-0.25, -0.2) is 9.83 Å². The molecule has 0 atom stereocenters. The summed E-state index contributed by atoms with van der Waals surface area (Å²) in [5, 5.41) is 6.50. The van der Waals surface area contributed by atoms with Crippen LogP contribution in [-0.4, -0.2) is 21.8 Å². The Kier molecular flexibility index (Phi) is 3.03. The highest BCUT2D eigenvalue weighted by Gasteiger charge is 2.06. The van der Waals surface area contributed by atoms with E-state index in [0.717, 1.165) is 0 Å². The first-order chi connectivity index (χ1) is 6.27. The van der Waals surface area contributed by atoms with Crippen LogP contribution in [0.5, 0.6) is 0 Å². The van der Waals surface area contributed by atoms with E-state index in [9.17, 15) is 0 Å². The maximum Gasteiger partial charge on any atom is 0.265 e. The van der Waals surface area contributed by atoms with E-state index in [1.165, 1.54) is 6.26 Å². The van der Waals surface area contributed by atoms with Crippen LogP contribution in [0.15, 0.2) is 6.26 Å². The fraction of sp³-hybridized carbons (Fsp3) is 0.375. The molecule has 0 saturated carbocycles. The molecule has 0 spiro atoms. The zero-order chi connectivity index (χ0) is 9.68. The van der Waals surface area contributed by atoms with E-state index in [1.807, 2.05) is 6.92 Å². The number of aryl methyl sites for hydroxylation is 1. The van der Waals surface area contributed by atoms with Crippen molar-refractivity contribution in [2.24, 2.45) is 0 Å². The summed E-state index contributed by atoms with van der Waals surface area (Å²) >= 11 is 0. The van der Waals surface area contributed by atoms with Gasteiger partial charge in [-0.1, -0.05) is 0 Å². The molecule has 0 radical (unpaired) electrons. The molecule has 1 rings (SSSR count). The standard InChI is InChI=1S/C8H10N4O/c1-4-13-5-7(9-3)8-10-6(2)11-12-8/h5H,4H2,1-2H3,(H,10,11,12)/b7-5-. The summed E-state index contributed by atoms with van der Waals surface area (Å²) in [5.41, 5.74) is 0.311. The molecule has 68 valence electrons. The van der Waals surface area contributed by atoms with Gasteiger partial charge in [-0.15, -0.1) is 0 Å². The van der Waals surface area contributed by atoms with Crippen molar-refractivity contribution in [2.45, 2.75) is 13.8 Å². The van der Waals surface area contributed by atoms with Gasteiger partial charge in [0.1, 0.15) is 5.82 Å². The van der Waals surface area contributed by atoms with Crippen molar-refractivity contribution < 1.29 is 4.74 Å². The fourth-order valence-corrected chi connectivity index (χ4v) is 0.749. The summed E-state index contributed by atoms with van der Waals surface area (Å²) < 4.78 is 4.98. The minimum atomic E-state index is 0.311. The predicted molar refractivity (Wildman–Crippen MR) is 47.3 cm³/mol. The normalized spacial score (nSPS) is 11.0. The lowest BCUT2D eigenvalue weighted by atomic mass is 10.5. The zero-order valence-corrected chi connectivity index (χ0v) is 7.53. The van der Waals surface area contributed by atoms with Crippen molar-refractivity contribution in [2.75, 3.05) is 6.61 Å². The van der Waals surface area contributed by atoms with Crippen LogP contribution in [0.3, 0.4) is 0 Å². The van der Waals surface area contributed by atoms with Gasteiger partial charge in [0.05, 0.1) is 19.4 Å². The highest BCUT2D eigenvalue weighted by Crippen LogP contribution is 2.10. The average Bonchev–Trinajstić information content (AvgIpc) is 2.54. The van der Waals surface area contributed by atoms with Crippen molar-refractivity contribution >= 4 is 5.70 Å². The Morgan fingerprint density at radius 3 is 3.00 bits per heavy atom. The third kappa shape index (κ3) is 2.30. The summed E-state index contributed by atoms with van der Waals surface area (Å²) in [7, 11) is 0. The lowest BCUT2D eigenvalue weighted by molar-refractivity contribution is 0.271. The van der Waals surface area contributed by atoms with E-state index in [0.29, 0.717) is 24.0 Å². The van der Waals surface area contributed by atoms with Crippen LogP contribution >= 0.6 is 0 Å². The smallest absolute Gasteiger partial charge is 0.265 e. The largest absolute Gasteiger partial charge is 0.512 e. The van der Waals surface area contributed by atoms with Gasteiger partial charge in [-0.05, 0) is 13.8 Å². The minimum Gasteiger partial charge on any atom is -0.512 e. The van der Waals surface area contributed by atoms with Crippen LogP contribution in [0.25, 0.3) is 10.5 Å². The van der Waals surface area contributed by atoms with Crippen molar-refractivity contribution in [1.82, 2.24) is 15.2 Å². The first kappa shape index (κ1) is 9.26. The molecule has 5 heteroatoms. The van der Waals surface area contributed by atoms with Gasteiger partial charge in [0, 0.05) is 0 Å². The summed E-state index contributed by atoms with van der Waals surface area (Å²) in [4.78, 5) is 7.26. The fourth-order valence-electron chi connectivity index (χ4n) is 0.749. The molecule has 1 aromatic rings. The molecular formula is C8H10N4O. The maximum absolute atomic E-state index is 6.87. The van der Waals surface area contributed by atoms with Gasteiger partial charge in [0.2, 0.25) is 0 Å². The third-order valence-corrected chi connectivity index (χ3v) is 1.31. The molecule has 1 N–H and O–H groups in total. The summed E-state index contributed by atoms with van der Waals surface area (Å²) in [6.45, 7) is 11.0. The molecule has 0 aliphatic rings. The molecule has 0 unspecified atom stereocenters. The lowest BCUT2D eigenvalue weighted by Crippen LogP contribution is -1.86. The van der Waals surface area contributed by atoms with Gasteiger partial charge in [-0.3, -0.25) is 5.10 Å². The Morgan fingerprint density at radius 2 is 2.54 bits per heavy atom. The predicted octanol–water partition coefficient (Wildman–Crippen LogP) is 1.37. The van der Waals surface area contributed by atoms with Crippen LogP contribution in [0.2, 0.25) is 0 Å². The Hall–Kier alpha value is -1.83. The highest BCUT2D eigenvalue weighted by molar-refractivity contribution is 5.64. The van der Waals surface area contributed by atoms with Gasteiger partial charge >= 0.3 is 0 Å². The molecular weight excluding hydrogens is 168 g/mol. The molecule has 1 heterocycles. The maximum atomic E-state index is 6.87. The van der Waals surface area contributed by atoms with Gasteiger partial charge in [-0.2, -0.15) is 5.10 Å². The second kappa shape index (κ2) is 4.26. The van der Waals surface area contributed by atoms with E-state index in [-0.39, 0.29) is 0 Å². The Labute approximate surface area is 76.3 Å². The quantitative estimate of drug-likeness (QED) is 0.561. The monoisotopic (exact) mass is 178 g/mol. The molecule has 0 saturated heterocycles. The van der Waals surface area contributed by atoms with Crippen LogP contribution < -0.4 is 0 Å². The average molecular weight is 178 g/mol. The Morgan fingerprint density at radius 1 is 1.77 bits per heavy atom. The van der Waals surface area contributed by atoms with Gasteiger partial charge < -0.3 is 4.74 Å². The number of nitrogens with one attached hydrogen (secondary N) is 1. The van der Waals surface area contributed by atoms with Crippen molar-refractivity contribution in [3.05, 3.63) is 29.3 Å². The molecule has 0 bridgehead atoms. The minimum absolute atomic E-state index is 0.311. The number of nitrogens with zero attached hydrogens (tertiary/aromatic N) is 3. The van der Waals surface area contributed by atoms with E-state index in [2.05, 4.69) is 20.0 Å². The number of rotatable bonds is 3. The van der Waals surface area contributed by atoms with E-state index >= 15 is 0 Å².